The number of hydrogen-bond donors (Lipinski definition) is 0. The highest BCUT2D eigenvalue weighted by atomic mass is 35.5. The highest BCUT2D eigenvalue weighted by Crippen LogP contribution is 2.29. The highest BCUT2D eigenvalue weighted by molar-refractivity contribution is 7.89. The van der Waals surface area contributed by atoms with Gasteiger partial charge in [-0.15, -0.1) is 0 Å². The zero-order valence-corrected chi connectivity index (χ0v) is 21.0. The van der Waals surface area contributed by atoms with Crippen molar-refractivity contribution in [3.63, 3.8) is 0 Å². The lowest BCUT2D eigenvalue weighted by Gasteiger charge is -2.34. The number of anilines is 1. The Hall–Kier alpha value is -3.32. The fourth-order valence-electron chi connectivity index (χ4n) is 3.83. The second-order valence-corrected chi connectivity index (χ2v) is 10.2. The van der Waals surface area contributed by atoms with Crippen LogP contribution in [0.3, 0.4) is 0 Å². The summed E-state index contributed by atoms with van der Waals surface area (Å²) in [6.07, 6.45) is 3.53. The van der Waals surface area contributed by atoms with Crippen LogP contribution in [-0.4, -0.2) is 50.5 Å². The number of hydrogen-bond acceptors (Lipinski definition) is 7. The molecule has 1 aliphatic heterocycles. The monoisotopic (exact) mass is 512 g/mol. The first kappa shape index (κ1) is 24.8. The number of oxazole rings is 1. The normalized spacial score (nSPS) is 14.9. The first-order valence-electron chi connectivity index (χ1n) is 11.2. The maximum Gasteiger partial charge on any atom is 0.243 e. The Labute approximate surface area is 210 Å². The molecule has 0 N–H and O–H groups in total. The molecule has 182 valence electrons. The second kappa shape index (κ2) is 10.5. The van der Waals surface area contributed by atoms with E-state index < -0.39 is 10.0 Å². The molecular formula is C25H25ClN4O4S. The number of nitriles is 1. The van der Waals surface area contributed by atoms with Gasteiger partial charge in [0, 0.05) is 37.3 Å². The fraction of sp³-hybridized carbons (Fsp3) is 0.280. The Morgan fingerprint density at radius 1 is 1.14 bits per heavy atom. The Morgan fingerprint density at radius 2 is 1.86 bits per heavy atom. The van der Waals surface area contributed by atoms with E-state index in [9.17, 15) is 13.7 Å². The average molecular weight is 513 g/mol. The smallest absolute Gasteiger partial charge is 0.243 e. The quantitative estimate of drug-likeness (QED) is 0.456. The van der Waals surface area contributed by atoms with Gasteiger partial charge in [0.05, 0.1) is 11.5 Å². The Kier molecular flexibility index (Phi) is 7.45. The summed E-state index contributed by atoms with van der Waals surface area (Å²) in [7, 11) is -3.69. The van der Waals surface area contributed by atoms with Gasteiger partial charge in [-0.05, 0) is 55.3 Å². The van der Waals surface area contributed by atoms with Crippen molar-refractivity contribution < 1.29 is 17.6 Å². The number of halogens is 1. The van der Waals surface area contributed by atoms with Crippen molar-refractivity contribution in [3.05, 3.63) is 70.2 Å². The van der Waals surface area contributed by atoms with Crippen molar-refractivity contribution in [2.75, 3.05) is 37.7 Å². The number of ether oxygens (including phenoxy) is 1. The second-order valence-electron chi connectivity index (χ2n) is 7.91. The molecule has 0 radical (unpaired) electrons. The molecular weight excluding hydrogens is 488 g/mol. The van der Waals surface area contributed by atoms with Crippen molar-refractivity contribution in [1.82, 2.24) is 9.29 Å². The molecule has 0 spiro atoms. The van der Waals surface area contributed by atoms with Crippen molar-refractivity contribution in [3.8, 4) is 11.8 Å². The number of sulfonamides is 1. The van der Waals surface area contributed by atoms with Gasteiger partial charge < -0.3 is 14.1 Å². The molecule has 0 amide bonds. The molecule has 2 aromatic carbocycles. The zero-order valence-electron chi connectivity index (χ0n) is 19.4. The van der Waals surface area contributed by atoms with Crippen LogP contribution in [0.15, 0.2) is 51.8 Å². The molecule has 35 heavy (non-hydrogen) atoms. The van der Waals surface area contributed by atoms with Gasteiger partial charge in [-0.2, -0.15) is 14.6 Å². The van der Waals surface area contributed by atoms with E-state index in [1.165, 1.54) is 4.31 Å². The molecule has 3 aromatic rings. The molecule has 8 nitrogen and oxygen atoms in total. The summed E-state index contributed by atoms with van der Waals surface area (Å²) in [4.78, 5) is 6.33. The van der Waals surface area contributed by atoms with Crippen LogP contribution in [-0.2, 0) is 10.0 Å². The van der Waals surface area contributed by atoms with Crippen LogP contribution in [0.25, 0.3) is 12.2 Å². The lowest BCUT2D eigenvalue weighted by atomic mass is 10.2. The molecule has 0 aliphatic carbocycles. The third-order valence-electron chi connectivity index (χ3n) is 5.70. The van der Waals surface area contributed by atoms with Gasteiger partial charge >= 0.3 is 0 Å². The molecule has 0 saturated carbocycles. The molecule has 0 bridgehead atoms. The van der Waals surface area contributed by atoms with Gasteiger partial charge in [0.2, 0.25) is 27.5 Å². The zero-order chi connectivity index (χ0) is 25.0. The highest BCUT2D eigenvalue weighted by Gasteiger charge is 2.32. The van der Waals surface area contributed by atoms with Crippen molar-refractivity contribution in [1.29, 1.82) is 5.26 Å². The molecule has 4 rings (SSSR count). The number of nitrogens with zero attached hydrogens (tertiary/aromatic N) is 4. The Balaban J connectivity index is 1.46. The summed E-state index contributed by atoms with van der Waals surface area (Å²) < 4.78 is 39.0. The van der Waals surface area contributed by atoms with Gasteiger partial charge in [-0.3, -0.25) is 0 Å². The van der Waals surface area contributed by atoms with Crippen molar-refractivity contribution in [2.24, 2.45) is 0 Å². The fourth-order valence-corrected chi connectivity index (χ4v) is 5.73. The summed E-state index contributed by atoms with van der Waals surface area (Å²) in [5.41, 5.74) is 1.63. The summed E-state index contributed by atoms with van der Waals surface area (Å²) in [6.45, 7) is 5.46. The van der Waals surface area contributed by atoms with Crippen LogP contribution in [0.1, 0.15) is 29.6 Å². The first-order valence-corrected chi connectivity index (χ1v) is 13.0. The van der Waals surface area contributed by atoms with E-state index >= 15 is 0 Å². The number of benzene rings is 2. The summed E-state index contributed by atoms with van der Waals surface area (Å²) >= 11 is 6.13. The first-order chi connectivity index (χ1) is 16.8. The predicted molar refractivity (Wildman–Crippen MR) is 135 cm³/mol. The van der Waals surface area contributed by atoms with E-state index in [0.29, 0.717) is 42.1 Å². The molecule has 1 aromatic heterocycles. The summed E-state index contributed by atoms with van der Waals surface area (Å²) in [6, 6.07) is 14.5. The Morgan fingerprint density at radius 3 is 2.51 bits per heavy atom. The topological polar surface area (TPSA) is 99.7 Å². The average Bonchev–Trinajstić information content (AvgIpc) is 3.29. The summed E-state index contributed by atoms with van der Waals surface area (Å²) in [5, 5.41) is 9.97. The van der Waals surface area contributed by atoms with Crippen LogP contribution < -0.4 is 9.64 Å². The van der Waals surface area contributed by atoms with Gasteiger partial charge in [0.1, 0.15) is 11.8 Å². The number of aromatic nitrogens is 1. The standard InChI is InChI=1S/C25H25ClN4O4S/c1-3-33-20-10-7-19(8-11-20)9-12-24-28-22(17-27)25(34-24)29-13-15-30(16-14-29)35(31,32)23-6-4-5-21(26)18(23)2/h4-12H,3,13-16H2,1-2H3/b12-9+. The minimum atomic E-state index is -3.69. The molecule has 1 fully saturated rings. The minimum absolute atomic E-state index is 0.165. The van der Waals surface area contributed by atoms with Gasteiger partial charge in [0.25, 0.3) is 0 Å². The van der Waals surface area contributed by atoms with Gasteiger partial charge in [-0.1, -0.05) is 29.8 Å². The maximum absolute atomic E-state index is 13.2. The van der Waals surface area contributed by atoms with E-state index in [2.05, 4.69) is 11.1 Å². The van der Waals surface area contributed by atoms with Crippen LogP contribution in [0.5, 0.6) is 5.75 Å². The van der Waals surface area contributed by atoms with E-state index in [1.54, 1.807) is 31.2 Å². The predicted octanol–water partition coefficient (Wildman–Crippen LogP) is 4.59. The molecule has 10 heteroatoms. The maximum atomic E-state index is 13.2. The molecule has 2 heterocycles. The summed E-state index contributed by atoms with van der Waals surface area (Å²) in [5.74, 6) is 1.44. The Bertz CT molecular complexity index is 1370. The third-order valence-corrected chi connectivity index (χ3v) is 8.16. The van der Waals surface area contributed by atoms with E-state index in [4.69, 9.17) is 20.8 Å². The third kappa shape index (κ3) is 5.35. The van der Waals surface area contributed by atoms with Gasteiger partial charge in [-0.25, -0.2) is 8.42 Å². The lowest BCUT2D eigenvalue weighted by Crippen LogP contribution is -2.48. The lowest BCUT2D eigenvalue weighted by molar-refractivity contribution is 0.340. The largest absolute Gasteiger partial charge is 0.494 e. The minimum Gasteiger partial charge on any atom is -0.494 e. The van der Waals surface area contributed by atoms with Crippen LogP contribution in [0.2, 0.25) is 5.02 Å². The molecule has 0 unspecified atom stereocenters. The van der Waals surface area contributed by atoms with Crippen LogP contribution in [0, 0.1) is 18.3 Å². The molecule has 1 aliphatic rings. The van der Waals surface area contributed by atoms with Crippen LogP contribution >= 0.6 is 11.6 Å². The SMILES string of the molecule is CCOc1ccc(/C=C/c2nc(C#N)c(N3CCN(S(=O)(=O)c4cccc(Cl)c4C)CC3)o2)cc1. The van der Waals surface area contributed by atoms with Crippen molar-refractivity contribution >= 4 is 39.7 Å². The van der Waals surface area contributed by atoms with Crippen LogP contribution in [0.4, 0.5) is 5.88 Å². The van der Waals surface area contributed by atoms with Gasteiger partial charge in [0.15, 0.2) is 0 Å². The number of piperazine rings is 1. The van der Waals surface area contributed by atoms with E-state index in [0.717, 1.165) is 11.3 Å². The van der Waals surface area contributed by atoms with Crippen molar-refractivity contribution in [2.45, 2.75) is 18.7 Å². The molecule has 0 atom stereocenters. The molecule has 1 saturated heterocycles. The van der Waals surface area contributed by atoms with E-state index in [-0.39, 0.29) is 23.7 Å². The number of rotatable bonds is 7. The van der Waals surface area contributed by atoms with E-state index in [1.807, 2.05) is 42.2 Å².